The van der Waals surface area contributed by atoms with Crippen LogP contribution in [-0.2, 0) is 4.74 Å². The van der Waals surface area contributed by atoms with Crippen molar-refractivity contribution in [1.82, 2.24) is 4.98 Å². The van der Waals surface area contributed by atoms with E-state index in [1.807, 2.05) is 0 Å². The van der Waals surface area contributed by atoms with Crippen LogP contribution < -0.4 is 5.32 Å². The predicted molar refractivity (Wildman–Crippen MR) is 59.0 cm³/mol. The minimum Gasteiger partial charge on any atom is -0.383 e. The molecule has 1 N–H and O–H groups in total. The van der Waals surface area contributed by atoms with Crippen molar-refractivity contribution in [2.24, 2.45) is 0 Å². The minimum atomic E-state index is -0.478. The first-order valence-electron chi connectivity index (χ1n) is 4.18. The maximum absolute atomic E-state index is 10.6. The van der Waals surface area contributed by atoms with Gasteiger partial charge in [0.25, 0.3) is 0 Å². The zero-order valence-corrected chi connectivity index (χ0v) is 9.65. The van der Waals surface area contributed by atoms with Gasteiger partial charge in [0.1, 0.15) is 16.5 Å². The van der Waals surface area contributed by atoms with E-state index >= 15 is 0 Å². The quantitative estimate of drug-likeness (QED) is 0.384. The number of halogens is 1. The number of methoxy groups -OCH3 is 1. The number of hydrogen-bond acceptors (Lipinski definition) is 5. The van der Waals surface area contributed by atoms with E-state index < -0.39 is 4.92 Å². The highest BCUT2D eigenvalue weighted by Crippen LogP contribution is 2.25. The lowest BCUT2D eigenvalue weighted by atomic mass is 10.3. The number of nitrogens with one attached hydrogen (secondary N) is 1. The smallest absolute Gasteiger partial charge is 0.310 e. The zero-order valence-electron chi connectivity index (χ0n) is 8.07. The van der Waals surface area contributed by atoms with Crippen LogP contribution in [0.15, 0.2) is 16.9 Å². The van der Waals surface area contributed by atoms with Gasteiger partial charge in [-0.15, -0.1) is 0 Å². The van der Waals surface area contributed by atoms with Crippen molar-refractivity contribution < 1.29 is 9.66 Å². The molecule has 1 aromatic rings. The summed E-state index contributed by atoms with van der Waals surface area (Å²) in [6, 6.07) is 1.56. The van der Waals surface area contributed by atoms with Gasteiger partial charge in [0.2, 0.25) is 0 Å². The van der Waals surface area contributed by atoms with Crippen molar-refractivity contribution in [2.45, 2.75) is 0 Å². The molecule has 0 bridgehead atoms. The third-order valence-electron chi connectivity index (χ3n) is 1.67. The summed E-state index contributed by atoms with van der Waals surface area (Å²) in [6.45, 7) is 0.991. The van der Waals surface area contributed by atoms with Crippen LogP contribution >= 0.6 is 15.9 Å². The number of nitro groups is 1. The highest BCUT2D eigenvalue weighted by atomic mass is 79.9. The van der Waals surface area contributed by atoms with E-state index in [2.05, 4.69) is 26.2 Å². The molecular formula is C8H10BrN3O3. The monoisotopic (exact) mass is 275 g/mol. The number of ether oxygens (including phenoxy) is 1. The maximum atomic E-state index is 10.6. The summed E-state index contributed by atoms with van der Waals surface area (Å²) in [7, 11) is 1.57. The van der Waals surface area contributed by atoms with E-state index in [0.29, 0.717) is 23.4 Å². The van der Waals surface area contributed by atoms with Crippen molar-refractivity contribution in [3.05, 3.63) is 27.0 Å². The van der Waals surface area contributed by atoms with Crippen molar-refractivity contribution in [2.75, 3.05) is 25.6 Å². The molecule has 6 nitrogen and oxygen atoms in total. The summed E-state index contributed by atoms with van der Waals surface area (Å²) < 4.78 is 5.38. The molecule has 0 radical (unpaired) electrons. The molecule has 0 amide bonds. The molecule has 0 unspecified atom stereocenters. The van der Waals surface area contributed by atoms with Gasteiger partial charge in [-0.3, -0.25) is 10.1 Å². The van der Waals surface area contributed by atoms with Crippen LogP contribution in [0.2, 0.25) is 0 Å². The molecule has 15 heavy (non-hydrogen) atoms. The van der Waals surface area contributed by atoms with Crippen LogP contribution in [0, 0.1) is 10.1 Å². The Hall–Kier alpha value is -1.21. The number of hydrogen-bond donors (Lipinski definition) is 1. The van der Waals surface area contributed by atoms with Crippen LogP contribution in [-0.4, -0.2) is 30.2 Å². The molecule has 0 spiro atoms. The highest BCUT2D eigenvalue weighted by Gasteiger charge is 2.13. The molecule has 1 heterocycles. The zero-order chi connectivity index (χ0) is 11.3. The SMILES string of the molecule is COCCNc1cc(Br)ncc1[N+](=O)[O-]. The fraction of sp³-hybridized carbons (Fsp3) is 0.375. The van der Waals surface area contributed by atoms with Gasteiger partial charge < -0.3 is 10.1 Å². The molecule has 0 saturated heterocycles. The van der Waals surface area contributed by atoms with Gasteiger partial charge in [-0.2, -0.15) is 0 Å². The topological polar surface area (TPSA) is 77.3 Å². The Kier molecular flexibility index (Phi) is 4.44. The fourth-order valence-corrected chi connectivity index (χ4v) is 1.33. The van der Waals surface area contributed by atoms with Gasteiger partial charge in [0, 0.05) is 19.7 Å². The summed E-state index contributed by atoms with van der Waals surface area (Å²) in [5, 5.41) is 13.5. The average molecular weight is 276 g/mol. The number of aromatic nitrogens is 1. The van der Waals surface area contributed by atoms with Gasteiger partial charge in [0.05, 0.1) is 11.5 Å². The van der Waals surface area contributed by atoms with E-state index in [4.69, 9.17) is 4.74 Å². The van der Waals surface area contributed by atoms with Crippen molar-refractivity contribution in [1.29, 1.82) is 0 Å². The lowest BCUT2D eigenvalue weighted by Crippen LogP contribution is -2.09. The van der Waals surface area contributed by atoms with Crippen LogP contribution in [0.1, 0.15) is 0 Å². The normalized spacial score (nSPS) is 10.0. The molecule has 0 atom stereocenters. The number of nitrogens with zero attached hydrogens (tertiary/aromatic N) is 2. The number of rotatable bonds is 5. The second-order valence-electron chi connectivity index (χ2n) is 2.70. The van der Waals surface area contributed by atoms with Gasteiger partial charge in [-0.25, -0.2) is 4.98 Å². The number of pyridine rings is 1. The Labute approximate surface area is 94.9 Å². The van der Waals surface area contributed by atoms with Crippen LogP contribution in [0.5, 0.6) is 0 Å². The first-order valence-corrected chi connectivity index (χ1v) is 4.97. The van der Waals surface area contributed by atoms with E-state index in [1.54, 1.807) is 13.2 Å². The largest absolute Gasteiger partial charge is 0.383 e. The van der Waals surface area contributed by atoms with Crippen molar-refractivity contribution in [3.8, 4) is 0 Å². The molecule has 1 aromatic heterocycles. The third kappa shape index (κ3) is 3.45. The molecule has 0 aromatic carbocycles. The van der Waals surface area contributed by atoms with E-state index in [-0.39, 0.29) is 5.69 Å². The molecular weight excluding hydrogens is 266 g/mol. The maximum Gasteiger partial charge on any atom is 0.310 e. The fourth-order valence-electron chi connectivity index (χ4n) is 0.998. The lowest BCUT2D eigenvalue weighted by molar-refractivity contribution is -0.384. The number of anilines is 1. The van der Waals surface area contributed by atoms with E-state index in [1.165, 1.54) is 6.20 Å². The van der Waals surface area contributed by atoms with Crippen LogP contribution in [0.3, 0.4) is 0 Å². The lowest BCUT2D eigenvalue weighted by Gasteiger charge is -2.06. The Bertz CT molecular complexity index is 359. The second-order valence-corrected chi connectivity index (χ2v) is 3.51. The van der Waals surface area contributed by atoms with Crippen LogP contribution in [0.25, 0.3) is 0 Å². The standard InChI is InChI=1S/C8H10BrN3O3/c1-15-3-2-10-6-4-8(9)11-5-7(6)12(13)14/h4-5H,2-3H2,1H3,(H,10,11). The summed E-state index contributed by atoms with van der Waals surface area (Å²) >= 11 is 3.15. The van der Waals surface area contributed by atoms with Gasteiger partial charge in [-0.05, 0) is 15.9 Å². The molecule has 0 saturated carbocycles. The third-order valence-corrected chi connectivity index (χ3v) is 2.10. The summed E-state index contributed by atoms with van der Waals surface area (Å²) in [6.07, 6.45) is 1.21. The first-order chi connectivity index (χ1) is 7.15. The van der Waals surface area contributed by atoms with Crippen molar-refractivity contribution >= 4 is 27.3 Å². The highest BCUT2D eigenvalue weighted by molar-refractivity contribution is 9.10. The Balaban J connectivity index is 2.82. The van der Waals surface area contributed by atoms with Gasteiger partial charge in [0.15, 0.2) is 0 Å². The summed E-state index contributed by atoms with van der Waals surface area (Å²) in [5.74, 6) is 0. The van der Waals surface area contributed by atoms with Gasteiger partial charge in [-0.1, -0.05) is 0 Å². The molecule has 7 heteroatoms. The molecule has 82 valence electrons. The Morgan fingerprint density at radius 3 is 3.07 bits per heavy atom. The molecule has 0 fully saturated rings. The summed E-state index contributed by atoms with van der Waals surface area (Å²) in [4.78, 5) is 14.0. The van der Waals surface area contributed by atoms with E-state index in [0.717, 1.165) is 0 Å². The average Bonchev–Trinajstić information content (AvgIpc) is 2.18. The molecule has 1 rings (SSSR count). The summed E-state index contributed by atoms with van der Waals surface area (Å²) in [5.41, 5.74) is 0.383. The molecule has 0 aliphatic heterocycles. The predicted octanol–water partition coefficient (Wildman–Crippen LogP) is 1.81. The Morgan fingerprint density at radius 1 is 1.73 bits per heavy atom. The first kappa shape index (κ1) is 11.9. The Morgan fingerprint density at radius 2 is 2.47 bits per heavy atom. The second kappa shape index (κ2) is 5.62. The van der Waals surface area contributed by atoms with Gasteiger partial charge >= 0.3 is 5.69 Å². The van der Waals surface area contributed by atoms with Crippen LogP contribution in [0.4, 0.5) is 11.4 Å². The van der Waals surface area contributed by atoms with Crippen molar-refractivity contribution in [3.63, 3.8) is 0 Å². The molecule has 0 aliphatic rings. The minimum absolute atomic E-state index is 0.0469. The molecule has 0 aliphatic carbocycles. The van der Waals surface area contributed by atoms with E-state index in [9.17, 15) is 10.1 Å².